The van der Waals surface area contributed by atoms with E-state index in [4.69, 9.17) is 10.4 Å². The van der Waals surface area contributed by atoms with Crippen molar-refractivity contribution >= 4 is 0 Å². The van der Waals surface area contributed by atoms with E-state index in [1.807, 2.05) is 26.8 Å². The molecule has 0 aliphatic heterocycles. The summed E-state index contributed by atoms with van der Waals surface area (Å²) in [5.74, 6) is 0.393. The molecule has 1 heterocycles. The minimum atomic E-state index is -0.552. The molecule has 0 amide bonds. The first-order valence-electron chi connectivity index (χ1n) is 4.94. The Hall–Kier alpha value is -1.47. The molecule has 4 heteroatoms. The predicted octanol–water partition coefficient (Wildman–Crippen LogP) is 1.51. The first-order chi connectivity index (χ1) is 7.08. The zero-order valence-corrected chi connectivity index (χ0v) is 9.23. The molecule has 4 nitrogen and oxygen atoms in total. The van der Waals surface area contributed by atoms with Gasteiger partial charge in [-0.1, -0.05) is 13.8 Å². The number of aromatic nitrogens is 2. The largest absolute Gasteiger partial charge is 0.395 e. The lowest BCUT2D eigenvalue weighted by molar-refractivity contribution is 0.284. The Kier molecular flexibility index (Phi) is 3.75. The van der Waals surface area contributed by atoms with Crippen molar-refractivity contribution in [1.82, 2.24) is 9.97 Å². The number of aliphatic hydroxyl groups is 1. The average molecular weight is 205 g/mol. The van der Waals surface area contributed by atoms with Crippen LogP contribution in [0, 0.1) is 18.3 Å². The summed E-state index contributed by atoms with van der Waals surface area (Å²) in [4.78, 5) is 8.56. The summed E-state index contributed by atoms with van der Waals surface area (Å²) >= 11 is 0. The topological polar surface area (TPSA) is 69.8 Å². The molecule has 0 aromatic carbocycles. The molecule has 0 spiro atoms. The summed E-state index contributed by atoms with van der Waals surface area (Å²) in [7, 11) is 0. The van der Waals surface area contributed by atoms with Crippen molar-refractivity contribution in [2.24, 2.45) is 0 Å². The molecule has 0 bridgehead atoms. The second kappa shape index (κ2) is 4.85. The second-order valence-electron chi connectivity index (χ2n) is 3.81. The summed E-state index contributed by atoms with van der Waals surface area (Å²) in [5, 5.41) is 17.8. The third kappa shape index (κ3) is 2.74. The van der Waals surface area contributed by atoms with Crippen LogP contribution in [0.3, 0.4) is 0 Å². The van der Waals surface area contributed by atoms with E-state index in [0.717, 1.165) is 11.5 Å². The van der Waals surface area contributed by atoms with E-state index in [1.165, 1.54) is 0 Å². The van der Waals surface area contributed by atoms with Crippen LogP contribution in [0.25, 0.3) is 0 Å². The van der Waals surface area contributed by atoms with E-state index < -0.39 is 5.92 Å². The van der Waals surface area contributed by atoms with Gasteiger partial charge in [-0.05, 0) is 13.0 Å². The molecule has 1 aromatic rings. The van der Waals surface area contributed by atoms with Gasteiger partial charge in [-0.2, -0.15) is 5.26 Å². The lowest BCUT2D eigenvalue weighted by Gasteiger charge is -2.10. The van der Waals surface area contributed by atoms with Gasteiger partial charge in [0, 0.05) is 11.6 Å². The highest BCUT2D eigenvalue weighted by molar-refractivity contribution is 5.20. The third-order valence-electron chi connectivity index (χ3n) is 2.10. The molecular weight excluding hydrogens is 190 g/mol. The maximum atomic E-state index is 9.02. The van der Waals surface area contributed by atoms with Crippen molar-refractivity contribution in [2.45, 2.75) is 32.6 Å². The number of hydrogen-bond acceptors (Lipinski definition) is 4. The van der Waals surface area contributed by atoms with E-state index in [1.54, 1.807) is 6.07 Å². The first-order valence-corrected chi connectivity index (χ1v) is 4.94. The van der Waals surface area contributed by atoms with Crippen molar-refractivity contribution in [1.29, 1.82) is 5.26 Å². The number of aryl methyl sites for hydroxylation is 1. The summed E-state index contributed by atoms with van der Waals surface area (Å²) < 4.78 is 0. The second-order valence-corrected chi connectivity index (χ2v) is 3.81. The van der Waals surface area contributed by atoms with Crippen molar-refractivity contribution < 1.29 is 5.11 Å². The van der Waals surface area contributed by atoms with Gasteiger partial charge in [0.15, 0.2) is 0 Å². The fourth-order valence-corrected chi connectivity index (χ4v) is 1.25. The fraction of sp³-hybridized carbons (Fsp3) is 0.545. The zero-order chi connectivity index (χ0) is 11.4. The number of rotatable bonds is 3. The van der Waals surface area contributed by atoms with Crippen LogP contribution in [0.4, 0.5) is 0 Å². The molecule has 15 heavy (non-hydrogen) atoms. The Morgan fingerprint density at radius 2 is 2.13 bits per heavy atom. The van der Waals surface area contributed by atoms with Gasteiger partial charge in [0.2, 0.25) is 0 Å². The maximum absolute atomic E-state index is 9.02. The lowest BCUT2D eigenvalue weighted by Crippen LogP contribution is -2.09. The van der Waals surface area contributed by atoms with Gasteiger partial charge >= 0.3 is 0 Å². The molecule has 1 aromatic heterocycles. The molecule has 0 aliphatic rings. The summed E-state index contributed by atoms with van der Waals surface area (Å²) in [6.45, 7) is 5.66. The van der Waals surface area contributed by atoms with E-state index in [2.05, 4.69) is 9.97 Å². The van der Waals surface area contributed by atoms with Crippen LogP contribution in [0.2, 0.25) is 0 Å². The average Bonchev–Trinajstić information content (AvgIpc) is 2.18. The Morgan fingerprint density at radius 1 is 1.47 bits per heavy atom. The highest BCUT2D eigenvalue weighted by atomic mass is 16.3. The summed E-state index contributed by atoms with van der Waals surface area (Å²) in [6, 6.07) is 3.77. The Labute approximate surface area is 89.6 Å². The molecule has 1 unspecified atom stereocenters. The number of nitrogens with zero attached hydrogens (tertiary/aromatic N) is 3. The molecule has 80 valence electrons. The maximum Gasteiger partial charge on any atom is 0.131 e. The Morgan fingerprint density at radius 3 is 2.60 bits per heavy atom. The van der Waals surface area contributed by atoms with Gasteiger partial charge < -0.3 is 5.11 Å². The lowest BCUT2D eigenvalue weighted by atomic mass is 10.1. The summed E-state index contributed by atoms with van der Waals surface area (Å²) in [6.07, 6.45) is 0. The van der Waals surface area contributed by atoms with E-state index in [-0.39, 0.29) is 12.5 Å². The molecule has 0 aliphatic carbocycles. The van der Waals surface area contributed by atoms with Gasteiger partial charge in [0.25, 0.3) is 0 Å². The molecule has 0 saturated heterocycles. The van der Waals surface area contributed by atoms with Crippen molar-refractivity contribution in [2.75, 3.05) is 6.61 Å². The van der Waals surface area contributed by atoms with Crippen molar-refractivity contribution in [3.63, 3.8) is 0 Å². The van der Waals surface area contributed by atoms with E-state index in [9.17, 15) is 0 Å². The SMILES string of the molecule is Cc1cc(C(C#N)CO)nc(C(C)C)n1. The minimum absolute atomic E-state index is 0.204. The molecule has 1 rings (SSSR count). The number of hydrogen-bond donors (Lipinski definition) is 1. The standard InChI is InChI=1S/C11H15N3O/c1-7(2)11-13-8(3)4-10(14-11)9(5-12)6-15/h4,7,9,15H,6H2,1-3H3. The van der Waals surface area contributed by atoms with Crippen LogP contribution in [0.1, 0.15) is 42.9 Å². The van der Waals surface area contributed by atoms with Crippen LogP contribution < -0.4 is 0 Å². The van der Waals surface area contributed by atoms with Crippen molar-refractivity contribution in [3.05, 3.63) is 23.3 Å². The predicted molar refractivity (Wildman–Crippen MR) is 56.3 cm³/mol. The first kappa shape index (κ1) is 11.6. The fourth-order valence-electron chi connectivity index (χ4n) is 1.25. The highest BCUT2D eigenvalue weighted by Gasteiger charge is 2.14. The molecule has 0 saturated carbocycles. The highest BCUT2D eigenvalue weighted by Crippen LogP contribution is 2.16. The molecule has 0 fully saturated rings. The van der Waals surface area contributed by atoms with E-state index in [0.29, 0.717) is 5.69 Å². The van der Waals surface area contributed by atoms with Gasteiger partial charge in [-0.25, -0.2) is 9.97 Å². The smallest absolute Gasteiger partial charge is 0.131 e. The quantitative estimate of drug-likeness (QED) is 0.812. The van der Waals surface area contributed by atoms with Gasteiger partial charge in [-0.3, -0.25) is 0 Å². The molecule has 1 atom stereocenters. The third-order valence-corrected chi connectivity index (χ3v) is 2.10. The normalized spacial score (nSPS) is 12.5. The van der Waals surface area contributed by atoms with Gasteiger partial charge in [0.05, 0.1) is 18.4 Å². The van der Waals surface area contributed by atoms with Crippen LogP contribution in [0.15, 0.2) is 6.07 Å². The monoisotopic (exact) mass is 205 g/mol. The van der Waals surface area contributed by atoms with Crippen LogP contribution in [-0.2, 0) is 0 Å². The Bertz CT molecular complexity index is 382. The van der Waals surface area contributed by atoms with Gasteiger partial charge in [0.1, 0.15) is 11.7 Å². The van der Waals surface area contributed by atoms with Crippen LogP contribution >= 0.6 is 0 Å². The van der Waals surface area contributed by atoms with Gasteiger partial charge in [-0.15, -0.1) is 0 Å². The Balaban J connectivity index is 3.14. The van der Waals surface area contributed by atoms with Crippen molar-refractivity contribution in [3.8, 4) is 6.07 Å². The molecule has 0 radical (unpaired) electrons. The zero-order valence-electron chi connectivity index (χ0n) is 9.23. The molecule has 1 N–H and O–H groups in total. The minimum Gasteiger partial charge on any atom is -0.395 e. The number of nitriles is 1. The van der Waals surface area contributed by atoms with Crippen LogP contribution in [-0.4, -0.2) is 21.7 Å². The number of aliphatic hydroxyl groups excluding tert-OH is 1. The molecular formula is C11H15N3O. The van der Waals surface area contributed by atoms with E-state index >= 15 is 0 Å². The van der Waals surface area contributed by atoms with Crippen LogP contribution in [0.5, 0.6) is 0 Å². The summed E-state index contributed by atoms with van der Waals surface area (Å²) in [5.41, 5.74) is 1.44.